The van der Waals surface area contributed by atoms with Crippen molar-refractivity contribution in [3.8, 4) is 0 Å². The minimum atomic E-state index is -0.316. The van der Waals surface area contributed by atoms with Gasteiger partial charge in [-0.1, -0.05) is 47.0 Å². The first-order valence-electron chi connectivity index (χ1n) is 17.5. The molecule has 8 bridgehead atoms. The fourth-order valence-electron chi connectivity index (χ4n) is 7.65. The number of methoxy groups -OCH3 is 1. The average molecular weight is 650 g/mol. The highest BCUT2D eigenvalue weighted by molar-refractivity contribution is 6.22. The Morgan fingerprint density at radius 2 is 1.52 bits per heavy atom. The number of H-pyrrole nitrogens is 2. The van der Waals surface area contributed by atoms with Crippen LogP contribution >= 0.6 is 0 Å². The van der Waals surface area contributed by atoms with Gasteiger partial charge >= 0.3 is 5.97 Å². The molecular formula is C39H47N5O4. The van der Waals surface area contributed by atoms with E-state index in [1.165, 1.54) is 17.6 Å². The number of hydrogen-bond donors (Lipinski definition) is 2. The Bertz CT molecular complexity index is 1940. The van der Waals surface area contributed by atoms with Crippen molar-refractivity contribution in [2.45, 2.75) is 105 Å². The van der Waals surface area contributed by atoms with Gasteiger partial charge in [-0.25, -0.2) is 9.97 Å². The lowest BCUT2D eigenvalue weighted by molar-refractivity contribution is -0.140. The van der Waals surface area contributed by atoms with Gasteiger partial charge in [0, 0.05) is 41.7 Å². The van der Waals surface area contributed by atoms with Crippen molar-refractivity contribution >= 4 is 51.1 Å². The van der Waals surface area contributed by atoms with E-state index in [4.69, 9.17) is 14.7 Å². The first-order valence-corrected chi connectivity index (χ1v) is 17.5. The lowest BCUT2D eigenvalue weighted by atomic mass is 9.84. The third-order valence-electron chi connectivity index (χ3n) is 10.5. The summed E-state index contributed by atoms with van der Waals surface area (Å²) in [5.74, 6) is -1.15. The second-order valence-electron chi connectivity index (χ2n) is 13.3. The Kier molecular flexibility index (Phi) is 9.41. The molecule has 0 saturated heterocycles. The molecule has 0 aromatic carbocycles. The first-order chi connectivity index (χ1) is 23.1. The zero-order valence-corrected chi connectivity index (χ0v) is 29.3. The molecule has 0 aliphatic carbocycles. The molecule has 6 heterocycles. The van der Waals surface area contributed by atoms with Crippen molar-refractivity contribution in [1.82, 2.24) is 24.8 Å². The quantitative estimate of drug-likeness (QED) is 0.151. The summed E-state index contributed by atoms with van der Waals surface area (Å²) in [6, 6.07) is 8.03. The van der Waals surface area contributed by atoms with Crippen LogP contribution in [0.3, 0.4) is 0 Å². The van der Waals surface area contributed by atoms with Gasteiger partial charge in [-0.05, 0) is 86.1 Å². The predicted molar refractivity (Wildman–Crippen MR) is 190 cm³/mol. The number of unbranched alkanes of at least 4 members (excludes halogenated alkanes) is 3. The highest BCUT2D eigenvalue weighted by Crippen LogP contribution is 2.44. The third kappa shape index (κ3) is 5.77. The zero-order chi connectivity index (χ0) is 34.3. The van der Waals surface area contributed by atoms with Crippen LogP contribution in [0.5, 0.6) is 0 Å². The Hall–Kier alpha value is -4.53. The number of amides is 2. The second kappa shape index (κ2) is 13.5. The molecule has 6 rings (SSSR count). The summed E-state index contributed by atoms with van der Waals surface area (Å²) in [5, 5.41) is 0. The van der Waals surface area contributed by atoms with Gasteiger partial charge in [-0.3, -0.25) is 19.3 Å². The molecular weight excluding hydrogens is 602 g/mol. The fraction of sp³-hybridized carbons (Fsp3) is 0.462. The van der Waals surface area contributed by atoms with Crippen LogP contribution in [0.25, 0.3) is 33.3 Å². The minimum Gasteiger partial charge on any atom is -0.469 e. The number of nitrogens with one attached hydrogen (secondary N) is 2. The molecule has 2 atom stereocenters. The van der Waals surface area contributed by atoms with E-state index >= 15 is 0 Å². The number of rotatable bonds is 10. The largest absolute Gasteiger partial charge is 0.469 e. The molecule has 2 N–H and O–H groups in total. The standard InChI is InChI=1S/C39H47N5O4/c1-8-11-12-13-16-44-38(46)28-17-24-18-32-25(9-2)21(4)30(41-32)20-33-26(10-3)22(5)29(42-33)19-31-23(6)27(14-15-34(45)48-7)36(43-31)35(39(44)47)37(28)40-24/h17-20,23,27,40,43H,8-16H2,1-7H3/t23-,27-/m0/s1. The SMILES string of the molecule is CCCCCCN1C(=O)c2cc3cc4nc(cc5nc(cc6[nH]c(c(c2[nH]3)C1=O)[C@@H](CCC(=O)OC)[C@@H]6C)C(C)=C5CC)C(C)=C4CC. The molecule has 0 saturated carbocycles. The van der Waals surface area contributed by atoms with Gasteiger partial charge in [-0.2, -0.15) is 0 Å². The maximum Gasteiger partial charge on any atom is 0.305 e. The number of ether oxygens (including phenoxy) is 1. The molecule has 2 aromatic heterocycles. The van der Waals surface area contributed by atoms with E-state index in [2.05, 4.69) is 63.6 Å². The summed E-state index contributed by atoms with van der Waals surface area (Å²) in [5.41, 5.74) is 11.8. The topological polar surface area (TPSA) is 121 Å². The second-order valence-corrected chi connectivity index (χ2v) is 13.3. The van der Waals surface area contributed by atoms with Gasteiger partial charge in [0.15, 0.2) is 0 Å². The highest BCUT2D eigenvalue weighted by Gasteiger charge is 2.39. The van der Waals surface area contributed by atoms with Crippen molar-refractivity contribution in [2.24, 2.45) is 0 Å². The van der Waals surface area contributed by atoms with Crippen molar-refractivity contribution in [1.29, 1.82) is 0 Å². The number of aromatic nitrogens is 4. The van der Waals surface area contributed by atoms with E-state index in [0.717, 1.165) is 89.4 Å². The Morgan fingerprint density at radius 1 is 0.854 bits per heavy atom. The van der Waals surface area contributed by atoms with Crippen LogP contribution in [0.15, 0.2) is 24.3 Å². The molecule has 252 valence electrons. The molecule has 2 amide bonds. The fourth-order valence-corrected chi connectivity index (χ4v) is 7.65. The number of allylic oxidation sites excluding steroid dienone is 4. The highest BCUT2D eigenvalue weighted by atomic mass is 16.5. The summed E-state index contributed by atoms with van der Waals surface area (Å²) in [4.78, 5) is 59.7. The number of aromatic amines is 2. The Morgan fingerprint density at radius 3 is 2.17 bits per heavy atom. The summed E-state index contributed by atoms with van der Waals surface area (Å²) >= 11 is 0. The molecule has 0 radical (unpaired) electrons. The summed E-state index contributed by atoms with van der Waals surface area (Å²) in [6.07, 6.45) is 6.11. The van der Waals surface area contributed by atoms with Crippen LogP contribution in [-0.2, 0) is 9.53 Å². The lowest BCUT2D eigenvalue weighted by Gasteiger charge is -2.27. The molecule has 0 unspecified atom stereocenters. The number of fused-ring (bicyclic) bond motifs is 8. The van der Waals surface area contributed by atoms with E-state index in [1.807, 2.05) is 12.1 Å². The molecule has 9 nitrogen and oxygen atoms in total. The van der Waals surface area contributed by atoms with Crippen molar-refractivity contribution in [3.63, 3.8) is 0 Å². The van der Waals surface area contributed by atoms with E-state index in [1.54, 1.807) is 0 Å². The lowest BCUT2D eigenvalue weighted by Crippen LogP contribution is -2.41. The summed E-state index contributed by atoms with van der Waals surface area (Å²) in [6.45, 7) is 13.1. The minimum absolute atomic E-state index is 0.0532. The molecule has 0 fully saturated rings. The number of esters is 1. The van der Waals surface area contributed by atoms with Crippen LogP contribution in [0.1, 0.15) is 160 Å². The molecule has 48 heavy (non-hydrogen) atoms. The molecule has 4 aliphatic heterocycles. The van der Waals surface area contributed by atoms with E-state index in [0.29, 0.717) is 35.1 Å². The number of carbonyl (C=O) groups is 3. The van der Waals surface area contributed by atoms with Crippen LogP contribution in [0, 0.1) is 0 Å². The Balaban J connectivity index is 1.69. The van der Waals surface area contributed by atoms with E-state index in [9.17, 15) is 14.4 Å². The van der Waals surface area contributed by atoms with Gasteiger partial charge in [0.25, 0.3) is 11.8 Å². The number of nitrogens with zero attached hydrogens (tertiary/aromatic N) is 3. The van der Waals surface area contributed by atoms with Crippen molar-refractivity contribution in [3.05, 3.63) is 69.6 Å². The predicted octanol–water partition coefficient (Wildman–Crippen LogP) is 8.74. The maximum absolute atomic E-state index is 14.5. The third-order valence-corrected chi connectivity index (χ3v) is 10.5. The molecule has 9 heteroatoms. The van der Waals surface area contributed by atoms with Crippen molar-refractivity contribution < 1.29 is 19.1 Å². The monoisotopic (exact) mass is 649 g/mol. The first kappa shape index (κ1) is 33.4. The molecule has 0 spiro atoms. The van der Waals surface area contributed by atoms with Gasteiger partial charge in [0.05, 0.1) is 46.5 Å². The summed E-state index contributed by atoms with van der Waals surface area (Å²) < 4.78 is 5.01. The normalized spacial score (nSPS) is 18.2. The van der Waals surface area contributed by atoms with E-state index < -0.39 is 0 Å². The van der Waals surface area contributed by atoms with Crippen molar-refractivity contribution in [2.75, 3.05) is 13.7 Å². The van der Waals surface area contributed by atoms with Crippen LogP contribution in [-0.4, -0.2) is 56.3 Å². The average Bonchev–Trinajstić information content (AvgIpc) is 3.78. The van der Waals surface area contributed by atoms with Crippen LogP contribution in [0.2, 0.25) is 0 Å². The molecule has 2 aromatic rings. The smallest absolute Gasteiger partial charge is 0.305 e. The van der Waals surface area contributed by atoms with Gasteiger partial charge in [0.2, 0.25) is 0 Å². The Labute approximate surface area is 282 Å². The number of carbonyl (C=O) groups excluding carboxylic acids is 3. The summed E-state index contributed by atoms with van der Waals surface area (Å²) in [7, 11) is 1.39. The number of imide groups is 1. The van der Waals surface area contributed by atoms with Crippen LogP contribution in [0.4, 0.5) is 0 Å². The van der Waals surface area contributed by atoms with Crippen LogP contribution < -0.4 is 0 Å². The van der Waals surface area contributed by atoms with Gasteiger partial charge < -0.3 is 14.7 Å². The molecule has 4 aliphatic rings. The maximum atomic E-state index is 14.5. The van der Waals surface area contributed by atoms with Gasteiger partial charge in [-0.15, -0.1) is 0 Å². The zero-order valence-electron chi connectivity index (χ0n) is 29.3. The number of hydrogen-bond acceptors (Lipinski definition) is 6. The van der Waals surface area contributed by atoms with E-state index in [-0.39, 0.29) is 36.0 Å². The van der Waals surface area contributed by atoms with Gasteiger partial charge in [0.1, 0.15) is 0 Å².